The van der Waals surface area contributed by atoms with Crippen LogP contribution in [0.25, 0.3) is 11.1 Å². The van der Waals surface area contributed by atoms with Gasteiger partial charge < -0.3 is 19.7 Å². The lowest BCUT2D eigenvalue weighted by Crippen LogP contribution is -2.65. The van der Waals surface area contributed by atoms with E-state index in [1.54, 1.807) is 25.4 Å². The minimum Gasteiger partial charge on any atom is -0.404 e. The van der Waals surface area contributed by atoms with Gasteiger partial charge in [0.25, 0.3) is 0 Å². The number of aliphatic hydroxyl groups excluding tert-OH is 1. The van der Waals surface area contributed by atoms with E-state index in [4.69, 9.17) is 9.31 Å². The van der Waals surface area contributed by atoms with Crippen LogP contribution in [-0.4, -0.2) is 52.6 Å². The van der Waals surface area contributed by atoms with Crippen molar-refractivity contribution in [3.63, 3.8) is 0 Å². The maximum absolute atomic E-state index is 13.6. The number of nitrogens with one attached hydrogen (secondary N) is 1. The third kappa shape index (κ3) is 5.38. The van der Waals surface area contributed by atoms with Gasteiger partial charge in [0.2, 0.25) is 5.91 Å². The second-order valence-electron chi connectivity index (χ2n) is 13.4. The van der Waals surface area contributed by atoms with Crippen molar-refractivity contribution in [1.29, 1.82) is 0 Å². The molecule has 7 atom stereocenters. The summed E-state index contributed by atoms with van der Waals surface area (Å²) < 4.78 is 13.2. The van der Waals surface area contributed by atoms with Crippen molar-refractivity contribution in [3.8, 4) is 11.1 Å². The summed E-state index contributed by atoms with van der Waals surface area (Å²) in [7, 11) is -0.557. The maximum Gasteiger partial charge on any atom is 0.481 e. The summed E-state index contributed by atoms with van der Waals surface area (Å²) in [5.74, 6) is -0.459. The van der Waals surface area contributed by atoms with E-state index in [1.807, 2.05) is 30.3 Å². The van der Waals surface area contributed by atoms with Crippen LogP contribution in [-0.2, 0) is 14.1 Å². The molecule has 1 amide bonds. The molecule has 3 saturated carbocycles. The minimum absolute atomic E-state index is 0.0158. The van der Waals surface area contributed by atoms with Gasteiger partial charge in [-0.1, -0.05) is 52.0 Å². The Bertz CT molecular complexity index is 1230. The van der Waals surface area contributed by atoms with Crippen molar-refractivity contribution in [1.82, 2.24) is 10.3 Å². The van der Waals surface area contributed by atoms with Gasteiger partial charge in [-0.05, 0) is 74.0 Å². The van der Waals surface area contributed by atoms with Crippen LogP contribution in [0.1, 0.15) is 77.6 Å². The highest BCUT2D eigenvalue weighted by Gasteiger charge is 2.68. The Morgan fingerprint density at radius 1 is 1.12 bits per heavy atom. The largest absolute Gasteiger partial charge is 0.481 e. The zero-order valence-electron chi connectivity index (χ0n) is 24.6. The fourth-order valence-electron chi connectivity index (χ4n) is 7.31. The number of rotatable bonds is 10. The summed E-state index contributed by atoms with van der Waals surface area (Å²) in [6, 6.07) is 11.1. The van der Waals surface area contributed by atoms with E-state index in [2.05, 4.69) is 44.9 Å². The molecule has 0 radical (unpaired) electrons. The van der Waals surface area contributed by atoms with Crippen LogP contribution < -0.4 is 5.32 Å². The number of pyridine rings is 1. The Morgan fingerprint density at radius 3 is 2.52 bits per heavy atom. The van der Waals surface area contributed by atoms with Crippen LogP contribution in [0.2, 0.25) is 0 Å². The van der Waals surface area contributed by atoms with Crippen molar-refractivity contribution < 1.29 is 24.0 Å². The molecule has 0 unspecified atom stereocenters. The molecule has 8 heteroatoms. The molecular weight excluding hydrogens is 503 g/mol. The molecule has 1 aliphatic heterocycles. The van der Waals surface area contributed by atoms with E-state index in [9.17, 15) is 14.7 Å². The Hall–Kier alpha value is -2.55. The third-order valence-corrected chi connectivity index (χ3v) is 9.85. The summed E-state index contributed by atoms with van der Waals surface area (Å²) >= 11 is 0. The summed E-state index contributed by atoms with van der Waals surface area (Å²) in [5.41, 5.74) is 2.14. The lowest BCUT2D eigenvalue weighted by atomic mass is 9.43. The SMILES string of the molecule is CC(C)C[C@H](NC(=O)[C@@H](CC(=O)c1cccc(-c2cccnc2)c1)[C@@H](C)O)B1O[C@@H]2C[C@@H]3C[C@@H](C3(C)C)[C@]2(C)O1. The van der Waals surface area contributed by atoms with Gasteiger partial charge in [0.15, 0.2) is 5.78 Å². The van der Waals surface area contributed by atoms with Crippen LogP contribution in [0.3, 0.4) is 0 Å². The molecule has 2 bridgehead atoms. The van der Waals surface area contributed by atoms with Gasteiger partial charge in [-0.2, -0.15) is 0 Å². The third-order valence-electron chi connectivity index (χ3n) is 9.85. The first-order valence-corrected chi connectivity index (χ1v) is 14.8. The van der Waals surface area contributed by atoms with Crippen molar-refractivity contribution in [2.75, 3.05) is 0 Å². The first kappa shape index (κ1) is 29.0. The molecule has 2 aromatic rings. The fraction of sp³-hybridized carbons (Fsp3) is 0.594. The van der Waals surface area contributed by atoms with Crippen LogP contribution in [0.4, 0.5) is 0 Å². The van der Waals surface area contributed by atoms with Gasteiger partial charge in [-0.25, -0.2) is 0 Å². The molecule has 7 nitrogen and oxygen atoms in total. The monoisotopic (exact) mass is 546 g/mol. The lowest BCUT2D eigenvalue weighted by Gasteiger charge is -2.64. The quantitative estimate of drug-likeness (QED) is 0.317. The number of carbonyl (C=O) groups is 2. The van der Waals surface area contributed by atoms with Gasteiger partial charge in [0.1, 0.15) is 0 Å². The Kier molecular flexibility index (Phi) is 7.99. The lowest BCUT2D eigenvalue weighted by molar-refractivity contribution is -0.199. The molecule has 40 heavy (non-hydrogen) atoms. The first-order valence-electron chi connectivity index (χ1n) is 14.8. The molecule has 0 spiro atoms. The minimum atomic E-state index is -0.997. The number of carbonyl (C=O) groups excluding carboxylic acids is 2. The molecule has 1 saturated heterocycles. The summed E-state index contributed by atoms with van der Waals surface area (Å²) in [6.07, 6.45) is 5.18. The number of amides is 1. The number of aliphatic hydroxyl groups is 1. The molecule has 1 aromatic carbocycles. The normalized spacial score (nSPS) is 28.8. The zero-order chi connectivity index (χ0) is 28.8. The predicted molar refractivity (Wildman–Crippen MR) is 155 cm³/mol. The molecule has 6 rings (SSSR count). The highest BCUT2D eigenvalue weighted by molar-refractivity contribution is 6.47. The number of hydrogen-bond acceptors (Lipinski definition) is 6. The molecule has 1 aromatic heterocycles. The predicted octanol–water partition coefficient (Wildman–Crippen LogP) is 5.12. The molecule has 214 valence electrons. The number of hydrogen-bond donors (Lipinski definition) is 2. The van der Waals surface area contributed by atoms with Crippen LogP contribution in [0.5, 0.6) is 0 Å². The van der Waals surface area contributed by atoms with E-state index in [-0.39, 0.29) is 41.2 Å². The second-order valence-corrected chi connectivity index (χ2v) is 13.4. The van der Waals surface area contributed by atoms with Gasteiger partial charge >= 0.3 is 7.12 Å². The highest BCUT2D eigenvalue weighted by Crippen LogP contribution is 2.65. The van der Waals surface area contributed by atoms with Gasteiger partial charge in [0, 0.05) is 29.9 Å². The molecule has 4 aliphatic rings. The van der Waals surface area contributed by atoms with Gasteiger partial charge in [-0.3, -0.25) is 14.6 Å². The van der Waals surface area contributed by atoms with E-state index >= 15 is 0 Å². The highest BCUT2D eigenvalue weighted by atomic mass is 16.7. The van der Waals surface area contributed by atoms with Crippen LogP contribution >= 0.6 is 0 Å². The summed E-state index contributed by atoms with van der Waals surface area (Å²) in [5, 5.41) is 13.7. The van der Waals surface area contributed by atoms with Crippen LogP contribution in [0.15, 0.2) is 48.8 Å². The molecule has 2 N–H and O–H groups in total. The Labute approximate surface area is 238 Å². The van der Waals surface area contributed by atoms with Gasteiger partial charge in [0.05, 0.1) is 29.7 Å². The van der Waals surface area contributed by atoms with Crippen molar-refractivity contribution in [2.24, 2.45) is 29.1 Å². The molecule has 4 fully saturated rings. The van der Waals surface area contributed by atoms with E-state index < -0.39 is 19.1 Å². The number of ketones is 1. The van der Waals surface area contributed by atoms with E-state index in [1.165, 1.54) is 0 Å². The number of nitrogens with zero attached hydrogens (tertiary/aromatic N) is 1. The van der Waals surface area contributed by atoms with E-state index in [0.717, 1.165) is 24.0 Å². The Balaban J connectivity index is 1.29. The maximum atomic E-state index is 13.6. The number of aromatic nitrogens is 1. The van der Waals surface area contributed by atoms with Crippen molar-refractivity contribution in [2.45, 2.75) is 91.0 Å². The molecule has 3 aliphatic carbocycles. The fourth-order valence-corrected chi connectivity index (χ4v) is 7.31. The first-order chi connectivity index (χ1) is 18.9. The average molecular weight is 547 g/mol. The zero-order valence-corrected chi connectivity index (χ0v) is 24.6. The number of benzene rings is 1. The molecular formula is C32H43BN2O5. The summed E-state index contributed by atoms with van der Waals surface area (Å²) in [6.45, 7) is 12.6. The standard InChI is InChI=1S/C32H43BN2O5/c1-19(2)13-29(33-39-28-16-24-15-27(31(24,4)5)32(28,6)40-33)35-30(38)25(20(3)36)17-26(37)22-10-7-9-21(14-22)23-11-8-12-34-18-23/h7-12,14,18-20,24-25,27-29,36H,13,15-17H2,1-6H3,(H,35,38)/t20-,24+,25+,27+,28-,29+,32+/m1/s1. The van der Waals surface area contributed by atoms with Crippen molar-refractivity contribution in [3.05, 3.63) is 54.4 Å². The second kappa shape index (κ2) is 11.0. The number of Topliss-reactive ketones (excluding diaryl/α,β-unsaturated/α-hetero) is 1. The smallest absolute Gasteiger partial charge is 0.404 e. The average Bonchev–Trinajstić information content (AvgIpc) is 3.28. The Morgan fingerprint density at radius 2 is 1.88 bits per heavy atom. The van der Waals surface area contributed by atoms with Gasteiger partial charge in [-0.15, -0.1) is 0 Å². The van der Waals surface area contributed by atoms with Crippen LogP contribution in [0, 0.1) is 29.1 Å². The van der Waals surface area contributed by atoms with Crippen molar-refractivity contribution >= 4 is 18.8 Å². The molecule has 2 heterocycles. The summed E-state index contributed by atoms with van der Waals surface area (Å²) in [4.78, 5) is 31.1. The topological polar surface area (TPSA) is 97.8 Å². The van der Waals surface area contributed by atoms with E-state index in [0.29, 0.717) is 29.7 Å².